The summed E-state index contributed by atoms with van der Waals surface area (Å²) in [5, 5.41) is 41.3. The summed E-state index contributed by atoms with van der Waals surface area (Å²) in [6.07, 6.45) is 0.688. The number of carbonyl (C=O) groups excluding carboxylic acids is 1. The Morgan fingerprint density at radius 2 is 1.83 bits per heavy atom. The monoisotopic (exact) mass is 632 g/mol. The number of phenols is 1. The molecule has 5 rings (SSSR count). The molecule has 246 valence electrons. The van der Waals surface area contributed by atoms with Crippen molar-refractivity contribution < 1.29 is 24.9 Å². The second-order valence-electron chi connectivity index (χ2n) is 12.8. The molecule has 1 aliphatic rings. The van der Waals surface area contributed by atoms with Gasteiger partial charge in [-0.25, -0.2) is 19.7 Å². The van der Waals surface area contributed by atoms with E-state index in [0.29, 0.717) is 50.1 Å². The highest BCUT2D eigenvalue weighted by Crippen LogP contribution is 2.35. The summed E-state index contributed by atoms with van der Waals surface area (Å²) >= 11 is 0. The van der Waals surface area contributed by atoms with Crippen LogP contribution >= 0.6 is 0 Å². The van der Waals surface area contributed by atoms with Crippen LogP contribution in [-0.2, 0) is 16.7 Å². The molecule has 1 saturated heterocycles. The molecule has 13 heteroatoms. The predicted molar refractivity (Wildman–Crippen MR) is 175 cm³/mol. The third-order valence-corrected chi connectivity index (χ3v) is 8.39. The molecule has 8 N–H and O–H groups in total. The van der Waals surface area contributed by atoms with Crippen molar-refractivity contribution >= 4 is 28.7 Å². The Balaban J connectivity index is 1.18. The van der Waals surface area contributed by atoms with E-state index in [1.54, 1.807) is 16.7 Å². The number of hydrogen-bond acceptors (Lipinski definition) is 10. The number of benzene rings is 2. The van der Waals surface area contributed by atoms with Crippen LogP contribution in [0.1, 0.15) is 57.4 Å². The van der Waals surface area contributed by atoms with Crippen LogP contribution < -0.4 is 21.7 Å². The maximum atomic E-state index is 12.6. The highest BCUT2D eigenvalue weighted by Gasteiger charge is 2.44. The van der Waals surface area contributed by atoms with Crippen molar-refractivity contribution in [2.75, 3.05) is 24.1 Å². The molecular formula is C33H44N8O5. The van der Waals surface area contributed by atoms with Crippen LogP contribution in [0.3, 0.4) is 0 Å². The molecule has 0 aliphatic carbocycles. The van der Waals surface area contributed by atoms with Crippen molar-refractivity contribution in [3.05, 3.63) is 72.3 Å². The molecule has 4 aromatic rings. The molecule has 1 aliphatic heterocycles. The Kier molecular flexibility index (Phi) is 10.4. The van der Waals surface area contributed by atoms with Gasteiger partial charge in [0, 0.05) is 24.3 Å². The van der Waals surface area contributed by atoms with Crippen molar-refractivity contribution in [1.29, 1.82) is 0 Å². The third kappa shape index (κ3) is 7.91. The van der Waals surface area contributed by atoms with Crippen molar-refractivity contribution in [3.8, 4) is 5.75 Å². The number of urea groups is 1. The number of para-hydroxylation sites is 1. The van der Waals surface area contributed by atoms with Crippen LogP contribution in [0, 0.1) is 5.92 Å². The second-order valence-corrected chi connectivity index (χ2v) is 12.8. The van der Waals surface area contributed by atoms with Gasteiger partial charge in [0.2, 0.25) is 0 Å². The molecule has 2 aromatic heterocycles. The lowest BCUT2D eigenvalue weighted by Crippen LogP contribution is -2.35. The van der Waals surface area contributed by atoms with Gasteiger partial charge in [0.05, 0.1) is 12.4 Å². The van der Waals surface area contributed by atoms with E-state index in [9.17, 15) is 20.1 Å². The standard InChI is InChI=1S/C33H44N8O5/c1-33(2,3)22-10-12-23(13-11-22)40-32(45)36-14-6-7-20(16-35-17-21-8-4-5-9-24(21)42)15-25-27(43)28(44)31(46-25)41-19-39-26-29(34)37-18-38-30(26)41/h4-5,8-13,18-20,25,27-28,31,35,42-44H,6-7,14-17H2,1-3H3,(H2,34,37,38)(H2,36,40,45)/t20-,25+,27?,28?,31+/m0/s1. The fraction of sp³-hybridized carbons (Fsp3) is 0.455. The highest BCUT2D eigenvalue weighted by atomic mass is 16.6. The van der Waals surface area contributed by atoms with Gasteiger partial charge in [0.15, 0.2) is 17.7 Å². The van der Waals surface area contributed by atoms with Crippen LogP contribution in [0.4, 0.5) is 16.3 Å². The normalized spacial score (nSPS) is 20.5. The quantitative estimate of drug-likeness (QED) is 0.114. The summed E-state index contributed by atoms with van der Waals surface area (Å²) in [6, 6.07) is 14.7. The first-order valence-electron chi connectivity index (χ1n) is 15.6. The van der Waals surface area contributed by atoms with Crippen LogP contribution in [0.5, 0.6) is 5.75 Å². The predicted octanol–water partition coefficient (Wildman–Crippen LogP) is 3.43. The molecule has 2 aromatic carbocycles. The average Bonchev–Trinajstić information content (AvgIpc) is 3.57. The Morgan fingerprint density at radius 3 is 2.57 bits per heavy atom. The minimum atomic E-state index is -1.21. The number of nitrogen functional groups attached to an aromatic ring is 1. The lowest BCUT2D eigenvalue weighted by molar-refractivity contribution is -0.0416. The van der Waals surface area contributed by atoms with Gasteiger partial charge in [-0.2, -0.15) is 0 Å². The molecule has 5 atom stereocenters. The summed E-state index contributed by atoms with van der Waals surface area (Å²) in [7, 11) is 0. The van der Waals surface area contributed by atoms with Crippen molar-refractivity contribution in [3.63, 3.8) is 0 Å². The first-order valence-corrected chi connectivity index (χ1v) is 15.6. The number of nitrogens with one attached hydrogen (secondary N) is 3. The van der Waals surface area contributed by atoms with E-state index in [0.717, 1.165) is 11.3 Å². The fourth-order valence-corrected chi connectivity index (χ4v) is 5.73. The number of aliphatic hydroxyl groups is 2. The van der Waals surface area contributed by atoms with Crippen LogP contribution in [-0.4, -0.2) is 72.3 Å². The number of amides is 2. The van der Waals surface area contributed by atoms with Gasteiger partial charge in [0.1, 0.15) is 29.8 Å². The molecule has 2 amide bonds. The minimum absolute atomic E-state index is 0.0174. The molecule has 0 saturated carbocycles. The van der Waals surface area contributed by atoms with Gasteiger partial charge >= 0.3 is 6.03 Å². The van der Waals surface area contributed by atoms with E-state index in [1.165, 1.54) is 18.2 Å². The summed E-state index contributed by atoms with van der Waals surface area (Å²) in [6.45, 7) is 7.90. The third-order valence-electron chi connectivity index (χ3n) is 8.39. The van der Waals surface area contributed by atoms with E-state index in [4.69, 9.17) is 10.5 Å². The number of nitrogens with two attached hydrogens (primary N) is 1. The molecule has 46 heavy (non-hydrogen) atoms. The van der Waals surface area contributed by atoms with Crippen molar-refractivity contribution in [2.24, 2.45) is 5.92 Å². The molecule has 1 fully saturated rings. The number of nitrogens with zero attached hydrogens (tertiary/aromatic N) is 4. The highest BCUT2D eigenvalue weighted by molar-refractivity contribution is 5.89. The van der Waals surface area contributed by atoms with E-state index in [-0.39, 0.29) is 28.9 Å². The molecule has 0 bridgehead atoms. The number of anilines is 2. The smallest absolute Gasteiger partial charge is 0.319 e. The lowest BCUT2D eigenvalue weighted by Gasteiger charge is -2.23. The molecule has 13 nitrogen and oxygen atoms in total. The number of aromatic hydroxyl groups is 1. The van der Waals surface area contributed by atoms with E-state index >= 15 is 0 Å². The number of phenolic OH excluding ortho intramolecular Hbond substituents is 1. The Hall–Kier alpha value is -4.30. The first-order chi connectivity index (χ1) is 22.0. The lowest BCUT2D eigenvalue weighted by atomic mass is 9.87. The van der Waals surface area contributed by atoms with E-state index in [2.05, 4.69) is 51.7 Å². The summed E-state index contributed by atoms with van der Waals surface area (Å²) in [4.78, 5) is 25.0. The zero-order valence-electron chi connectivity index (χ0n) is 26.4. The Morgan fingerprint density at radius 1 is 1.07 bits per heavy atom. The SMILES string of the molecule is CC(C)(C)c1ccc(NC(=O)NCCC[C@H](CNCc2ccccc2O)C[C@H]2O[C@@H](n3cnc4c(N)ncnc43)C(O)C2O)cc1. The van der Waals surface area contributed by atoms with Gasteiger partial charge in [-0.05, 0) is 60.9 Å². The molecule has 2 unspecified atom stereocenters. The summed E-state index contributed by atoms with van der Waals surface area (Å²) in [5.41, 5.74) is 9.43. The van der Waals surface area contributed by atoms with Gasteiger partial charge in [-0.15, -0.1) is 0 Å². The second kappa shape index (κ2) is 14.4. The van der Waals surface area contributed by atoms with Crippen LogP contribution in [0.15, 0.2) is 61.2 Å². The van der Waals surface area contributed by atoms with Gasteiger partial charge in [0.25, 0.3) is 0 Å². The number of imidazole rings is 1. The summed E-state index contributed by atoms with van der Waals surface area (Å²) < 4.78 is 7.77. The van der Waals surface area contributed by atoms with Gasteiger partial charge in [-0.1, -0.05) is 51.1 Å². The van der Waals surface area contributed by atoms with E-state index in [1.807, 2.05) is 36.4 Å². The largest absolute Gasteiger partial charge is 0.508 e. The minimum Gasteiger partial charge on any atom is -0.508 e. The maximum Gasteiger partial charge on any atom is 0.319 e. The van der Waals surface area contributed by atoms with Crippen molar-refractivity contribution in [1.82, 2.24) is 30.2 Å². The first kappa shape index (κ1) is 33.1. The number of ether oxygens (including phenoxy) is 1. The maximum absolute atomic E-state index is 12.6. The number of aliphatic hydroxyl groups excluding tert-OH is 2. The average molecular weight is 633 g/mol. The van der Waals surface area contributed by atoms with Crippen molar-refractivity contribution in [2.45, 2.75) is 76.5 Å². The van der Waals surface area contributed by atoms with E-state index < -0.39 is 24.5 Å². The van der Waals surface area contributed by atoms with Crippen LogP contribution in [0.25, 0.3) is 11.2 Å². The fourth-order valence-electron chi connectivity index (χ4n) is 5.73. The van der Waals surface area contributed by atoms with Gasteiger partial charge in [-0.3, -0.25) is 4.57 Å². The summed E-state index contributed by atoms with van der Waals surface area (Å²) in [5.74, 6) is 0.445. The topological polar surface area (TPSA) is 193 Å². The Labute approximate surface area is 268 Å². The molecule has 0 spiro atoms. The number of carbonyl (C=O) groups is 1. The van der Waals surface area contributed by atoms with Crippen LogP contribution in [0.2, 0.25) is 0 Å². The Bertz CT molecular complexity index is 1610. The zero-order valence-corrected chi connectivity index (χ0v) is 26.4. The number of fused-ring (bicyclic) bond motifs is 1. The molecule has 0 radical (unpaired) electrons. The number of aromatic nitrogens is 4. The zero-order chi connectivity index (χ0) is 32.8. The molecule has 3 heterocycles. The molecular weight excluding hydrogens is 588 g/mol. The van der Waals surface area contributed by atoms with Gasteiger partial charge < -0.3 is 41.7 Å². The number of rotatable bonds is 12. The number of hydrogen-bond donors (Lipinski definition) is 7.